The number of ether oxygens (including phenoxy) is 2. The number of likely N-dealkylation sites (tertiary alicyclic amines) is 1. The molecule has 0 unspecified atom stereocenters. The molecule has 0 radical (unpaired) electrons. The van der Waals surface area contributed by atoms with Crippen LogP contribution in [-0.2, 0) is 16.1 Å². The third-order valence-corrected chi connectivity index (χ3v) is 5.37. The molecule has 2 saturated heterocycles. The van der Waals surface area contributed by atoms with Gasteiger partial charge in [0.05, 0.1) is 31.3 Å². The van der Waals surface area contributed by atoms with E-state index in [1.54, 1.807) is 18.3 Å². The van der Waals surface area contributed by atoms with Crippen LogP contribution in [0, 0.1) is 5.41 Å². The van der Waals surface area contributed by atoms with Gasteiger partial charge in [0.1, 0.15) is 0 Å². The number of nitrogens with zero attached hydrogens (tertiary/aromatic N) is 2. The lowest BCUT2D eigenvalue weighted by molar-refractivity contribution is -0.149. The Labute approximate surface area is 153 Å². The first-order chi connectivity index (χ1) is 12.8. The van der Waals surface area contributed by atoms with Gasteiger partial charge in [-0.25, -0.2) is 0 Å². The first-order valence-electron chi connectivity index (χ1n) is 9.19. The van der Waals surface area contributed by atoms with E-state index in [1.165, 1.54) is 6.26 Å². The molecule has 0 spiro atoms. The number of amides is 1. The zero-order chi connectivity index (χ0) is 17.8. The van der Waals surface area contributed by atoms with Gasteiger partial charge < -0.3 is 18.8 Å². The second kappa shape index (κ2) is 7.60. The number of rotatable bonds is 5. The Hall–Kier alpha value is -2.18. The number of hydrogen-bond donors (Lipinski definition) is 0. The normalized spacial score (nSPS) is 25.7. The fourth-order valence-corrected chi connectivity index (χ4v) is 4.07. The van der Waals surface area contributed by atoms with Crippen LogP contribution in [0.3, 0.4) is 0 Å². The number of aromatic nitrogens is 1. The van der Waals surface area contributed by atoms with E-state index >= 15 is 0 Å². The molecule has 0 N–H and O–H groups in total. The van der Waals surface area contributed by atoms with Crippen molar-refractivity contribution in [3.8, 4) is 0 Å². The van der Waals surface area contributed by atoms with Gasteiger partial charge in [0.2, 0.25) is 0 Å². The van der Waals surface area contributed by atoms with Gasteiger partial charge in [0.15, 0.2) is 5.76 Å². The molecule has 1 amide bonds. The maximum absolute atomic E-state index is 12.7. The molecule has 26 heavy (non-hydrogen) atoms. The molecule has 2 aliphatic rings. The smallest absolute Gasteiger partial charge is 0.289 e. The molecule has 2 aromatic rings. The topological polar surface area (TPSA) is 64.8 Å². The van der Waals surface area contributed by atoms with Crippen molar-refractivity contribution in [2.75, 3.05) is 26.3 Å². The number of hydrogen-bond acceptors (Lipinski definition) is 5. The van der Waals surface area contributed by atoms with Crippen molar-refractivity contribution < 1.29 is 18.7 Å². The lowest BCUT2D eigenvalue weighted by Crippen LogP contribution is -2.58. The van der Waals surface area contributed by atoms with Crippen LogP contribution in [0.2, 0.25) is 0 Å². The van der Waals surface area contributed by atoms with E-state index in [1.807, 2.05) is 23.1 Å². The first kappa shape index (κ1) is 17.2. The SMILES string of the molecule is O=C(c1ccco1)N1CC[C@H]2OCCC[C@@]2(COCc2ccccn2)C1. The maximum atomic E-state index is 12.7. The van der Waals surface area contributed by atoms with Crippen molar-refractivity contribution >= 4 is 5.91 Å². The minimum Gasteiger partial charge on any atom is -0.459 e. The van der Waals surface area contributed by atoms with Crippen LogP contribution in [0.5, 0.6) is 0 Å². The summed E-state index contributed by atoms with van der Waals surface area (Å²) in [5.74, 6) is 0.341. The molecular formula is C20H24N2O4. The van der Waals surface area contributed by atoms with Gasteiger partial charge in [-0.1, -0.05) is 6.07 Å². The molecule has 138 valence electrons. The van der Waals surface area contributed by atoms with Crippen LogP contribution in [0.25, 0.3) is 0 Å². The number of furan rings is 1. The molecule has 4 rings (SSSR count). The summed E-state index contributed by atoms with van der Waals surface area (Å²) in [4.78, 5) is 18.9. The van der Waals surface area contributed by atoms with Crippen molar-refractivity contribution in [1.82, 2.24) is 9.88 Å². The summed E-state index contributed by atoms with van der Waals surface area (Å²) < 4.78 is 17.4. The summed E-state index contributed by atoms with van der Waals surface area (Å²) in [6, 6.07) is 9.28. The van der Waals surface area contributed by atoms with Crippen molar-refractivity contribution in [1.29, 1.82) is 0 Å². The van der Waals surface area contributed by atoms with Crippen LogP contribution < -0.4 is 0 Å². The number of pyridine rings is 1. The number of carbonyl (C=O) groups excluding carboxylic acids is 1. The summed E-state index contributed by atoms with van der Waals surface area (Å²) in [6.45, 7) is 3.15. The Bertz CT molecular complexity index is 719. The minimum absolute atomic E-state index is 0.0527. The Morgan fingerprint density at radius 2 is 2.31 bits per heavy atom. The summed E-state index contributed by atoms with van der Waals surface area (Å²) in [6.07, 6.45) is 6.28. The van der Waals surface area contributed by atoms with Gasteiger partial charge in [-0.15, -0.1) is 0 Å². The van der Waals surface area contributed by atoms with E-state index < -0.39 is 0 Å². The number of fused-ring (bicyclic) bond motifs is 1. The van der Waals surface area contributed by atoms with Crippen molar-refractivity contribution in [2.45, 2.75) is 32.0 Å². The fourth-order valence-electron chi connectivity index (χ4n) is 4.07. The molecule has 0 aliphatic carbocycles. The summed E-state index contributed by atoms with van der Waals surface area (Å²) >= 11 is 0. The molecule has 2 atom stereocenters. The van der Waals surface area contributed by atoms with E-state index in [4.69, 9.17) is 13.9 Å². The van der Waals surface area contributed by atoms with Gasteiger partial charge in [-0.2, -0.15) is 0 Å². The molecule has 0 aromatic carbocycles. The molecule has 2 aromatic heterocycles. The van der Waals surface area contributed by atoms with E-state index in [-0.39, 0.29) is 17.4 Å². The highest BCUT2D eigenvalue weighted by Gasteiger charge is 2.47. The molecule has 6 heteroatoms. The summed E-state index contributed by atoms with van der Waals surface area (Å²) in [5.41, 5.74) is 0.754. The van der Waals surface area contributed by atoms with Gasteiger partial charge in [-0.3, -0.25) is 9.78 Å². The van der Waals surface area contributed by atoms with Crippen LogP contribution in [0.15, 0.2) is 47.2 Å². The predicted molar refractivity (Wildman–Crippen MR) is 94.5 cm³/mol. The second-order valence-electron chi connectivity index (χ2n) is 7.13. The Kier molecular flexibility index (Phi) is 5.04. The lowest BCUT2D eigenvalue weighted by atomic mass is 9.73. The largest absolute Gasteiger partial charge is 0.459 e. The Morgan fingerprint density at radius 3 is 3.12 bits per heavy atom. The predicted octanol–water partition coefficient (Wildman–Crippen LogP) is 2.90. The van der Waals surface area contributed by atoms with Gasteiger partial charge in [-0.05, 0) is 43.5 Å². The molecule has 2 fully saturated rings. The maximum Gasteiger partial charge on any atom is 0.289 e. The van der Waals surface area contributed by atoms with Crippen molar-refractivity contribution in [2.24, 2.45) is 5.41 Å². The minimum atomic E-state index is -0.159. The Morgan fingerprint density at radius 1 is 1.35 bits per heavy atom. The second-order valence-corrected chi connectivity index (χ2v) is 7.13. The van der Waals surface area contributed by atoms with Crippen molar-refractivity contribution in [3.05, 3.63) is 54.2 Å². The highest BCUT2D eigenvalue weighted by molar-refractivity contribution is 5.91. The van der Waals surface area contributed by atoms with Crippen LogP contribution in [-0.4, -0.2) is 48.2 Å². The average molecular weight is 356 g/mol. The molecule has 0 bridgehead atoms. The molecule has 6 nitrogen and oxygen atoms in total. The molecular weight excluding hydrogens is 332 g/mol. The van der Waals surface area contributed by atoms with Crippen LogP contribution in [0.1, 0.15) is 35.5 Å². The van der Waals surface area contributed by atoms with E-state index in [2.05, 4.69) is 4.98 Å². The standard InChI is InChI=1S/C20H24N2O4/c23-19(17-6-3-11-25-17)22-10-7-18-20(14-22,8-4-12-26-18)15-24-13-16-5-1-2-9-21-16/h1-3,5-6,9,11,18H,4,7-8,10,12-15H2/t18-,20+/m1/s1. The van der Waals surface area contributed by atoms with Crippen LogP contribution in [0.4, 0.5) is 0 Å². The number of carbonyl (C=O) groups is 1. The quantitative estimate of drug-likeness (QED) is 0.824. The van der Waals surface area contributed by atoms with E-state index in [0.717, 1.165) is 31.6 Å². The highest BCUT2D eigenvalue weighted by Crippen LogP contribution is 2.41. The summed E-state index contributed by atoms with van der Waals surface area (Å²) in [7, 11) is 0. The summed E-state index contributed by atoms with van der Waals surface area (Å²) in [5, 5.41) is 0. The fraction of sp³-hybridized carbons (Fsp3) is 0.500. The number of piperidine rings is 1. The molecule has 2 aliphatic heterocycles. The molecule has 0 saturated carbocycles. The van der Waals surface area contributed by atoms with Gasteiger partial charge >= 0.3 is 0 Å². The zero-order valence-electron chi connectivity index (χ0n) is 14.8. The third-order valence-electron chi connectivity index (χ3n) is 5.37. The van der Waals surface area contributed by atoms with Crippen LogP contribution >= 0.6 is 0 Å². The first-order valence-corrected chi connectivity index (χ1v) is 9.19. The average Bonchev–Trinajstić information content (AvgIpc) is 3.22. The third kappa shape index (κ3) is 3.52. The zero-order valence-corrected chi connectivity index (χ0v) is 14.8. The molecule has 4 heterocycles. The van der Waals surface area contributed by atoms with Crippen molar-refractivity contribution in [3.63, 3.8) is 0 Å². The van der Waals surface area contributed by atoms with E-state index in [9.17, 15) is 4.79 Å². The highest BCUT2D eigenvalue weighted by atomic mass is 16.5. The Balaban J connectivity index is 1.45. The monoisotopic (exact) mass is 356 g/mol. The lowest BCUT2D eigenvalue weighted by Gasteiger charge is -2.50. The van der Waals surface area contributed by atoms with Gasteiger partial charge in [0.25, 0.3) is 5.91 Å². The van der Waals surface area contributed by atoms with E-state index in [0.29, 0.717) is 32.1 Å². The van der Waals surface area contributed by atoms with Gasteiger partial charge in [0, 0.05) is 31.3 Å².